The Hall–Kier alpha value is -1.72. The minimum atomic E-state index is -0.408. The van der Waals surface area contributed by atoms with Crippen molar-refractivity contribution in [2.75, 3.05) is 13.2 Å². The van der Waals surface area contributed by atoms with Crippen molar-refractivity contribution in [2.24, 2.45) is 11.3 Å². The van der Waals surface area contributed by atoms with Crippen LogP contribution >= 0.6 is 0 Å². The molecule has 1 aliphatic carbocycles. The Bertz CT molecular complexity index is 705. The van der Waals surface area contributed by atoms with Crippen molar-refractivity contribution < 1.29 is 19.3 Å². The SMILES string of the molecule is C[C@H]1C[C@@H](OCc2ccccc2)[C@@H]2O[C@H](c3ccccc3)OC[C@]12CO. The van der Waals surface area contributed by atoms with Crippen molar-refractivity contribution in [3.05, 3.63) is 71.8 Å². The van der Waals surface area contributed by atoms with E-state index in [1.165, 1.54) is 0 Å². The lowest BCUT2D eigenvalue weighted by atomic mass is 9.78. The summed E-state index contributed by atoms with van der Waals surface area (Å²) in [6.45, 7) is 3.24. The standard InChI is InChI=1S/C22H26O4/c1-16-12-19(24-13-17-8-4-2-5-9-17)20-22(16,14-23)15-25-21(26-20)18-10-6-3-7-11-18/h2-11,16,19-21,23H,12-15H2,1H3/t16-,19+,20-,21+,22+/m0/s1. The maximum atomic E-state index is 10.2. The largest absolute Gasteiger partial charge is 0.396 e. The minimum Gasteiger partial charge on any atom is -0.396 e. The number of benzene rings is 2. The number of hydrogen-bond acceptors (Lipinski definition) is 4. The summed E-state index contributed by atoms with van der Waals surface area (Å²) in [6, 6.07) is 20.1. The molecule has 138 valence electrons. The zero-order valence-electron chi connectivity index (χ0n) is 15.1. The molecule has 0 bridgehead atoms. The molecule has 2 fully saturated rings. The molecule has 1 saturated carbocycles. The van der Waals surface area contributed by atoms with Gasteiger partial charge in [0, 0.05) is 11.0 Å². The van der Waals surface area contributed by atoms with Gasteiger partial charge in [-0.1, -0.05) is 67.6 Å². The van der Waals surface area contributed by atoms with E-state index in [4.69, 9.17) is 14.2 Å². The third-order valence-corrected chi connectivity index (χ3v) is 5.92. The average Bonchev–Trinajstić information content (AvgIpc) is 2.99. The fourth-order valence-corrected chi connectivity index (χ4v) is 4.22. The number of hydrogen-bond donors (Lipinski definition) is 1. The molecule has 2 aromatic carbocycles. The molecule has 4 nitrogen and oxygen atoms in total. The minimum absolute atomic E-state index is 0.0472. The van der Waals surface area contributed by atoms with Gasteiger partial charge in [0.1, 0.15) is 0 Å². The number of fused-ring (bicyclic) bond motifs is 1. The molecule has 0 unspecified atom stereocenters. The predicted molar refractivity (Wildman–Crippen MR) is 98.3 cm³/mol. The lowest BCUT2D eigenvalue weighted by molar-refractivity contribution is -0.291. The highest BCUT2D eigenvalue weighted by atomic mass is 16.7. The van der Waals surface area contributed by atoms with Crippen LogP contribution in [0.25, 0.3) is 0 Å². The maximum Gasteiger partial charge on any atom is 0.184 e. The molecule has 0 spiro atoms. The van der Waals surface area contributed by atoms with Crippen LogP contribution in [0, 0.1) is 11.3 Å². The Kier molecular flexibility index (Phi) is 5.09. The van der Waals surface area contributed by atoms with Gasteiger partial charge in [0.25, 0.3) is 0 Å². The van der Waals surface area contributed by atoms with Gasteiger partial charge in [0.05, 0.1) is 32.0 Å². The monoisotopic (exact) mass is 354 g/mol. The predicted octanol–water partition coefficient (Wildman–Crippen LogP) is 3.70. The van der Waals surface area contributed by atoms with Gasteiger partial charge in [-0.25, -0.2) is 0 Å². The zero-order chi connectivity index (χ0) is 18.0. The summed E-state index contributed by atoms with van der Waals surface area (Å²) in [5, 5.41) is 10.2. The molecule has 26 heavy (non-hydrogen) atoms. The summed E-state index contributed by atoms with van der Waals surface area (Å²) in [7, 11) is 0. The molecule has 0 aromatic heterocycles. The van der Waals surface area contributed by atoms with Gasteiger partial charge in [-0.2, -0.15) is 0 Å². The first-order valence-electron chi connectivity index (χ1n) is 9.31. The van der Waals surface area contributed by atoms with Crippen LogP contribution in [0.3, 0.4) is 0 Å². The van der Waals surface area contributed by atoms with Crippen molar-refractivity contribution in [2.45, 2.75) is 38.4 Å². The van der Waals surface area contributed by atoms with Crippen LogP contribution in [-0.4, -0.2) is 30.5 Å². The van der Waals surface area contributed by atoms with E-state index >= 15 is 0 Å². The van der Waals surface area contributed by atoms with E-state index in [1.807, 2.05) is 48.5 Å². The highest BCUT2D eigenvalue weighted by molar-refractivity contribution is 5.18. The number of rotatable bonds is 5. The topological polar surface area (TPSA) is 47.9 Å². The van der Waals surface area contributed by atoms with E-state index in [2.05, 4.69) is 19.1 Å². The Labute approximate surface area is 154 Å². The molecule has 0 amide bonds. The smallest absolute Gasteiger partial charge is 0.184 e. The van der Waals surface area contributed by atoms with Crippen molar-refractivity contribution in [1.82, 2.24) is 0 Å². The van der Waals surface area contributed by atoms with Gasteiger partial charge in [-0.3, -0.25) is 0 Å². The fourth-order valence-electron chi connectivity index (χ4n) is 4.22. The van der Waals surface area contributed by atoms with Gasteiger partial charge in [0.2, 0.25) is 0 Å². The van der Waals surface area contributed by atoms with Crippen molar-refractivity contribution >= 4 is 0 Å². The normalized spacial score (nSPS) is 33.8. The van der Waals surface area contributed by atoms with Crippen LogP contribution in [0.2, 0.25) is 0 Å². The van der Waals surface area contributed by atoms with Crippen LogP contribution in [-0.2, 0) is 20.8 Å². The molecule has 0 radical (unpaired) electrons. The average molecular weight is 354 g/mol. The molecular formula is C22H26O4. The number of aliphatic hydroxyl groups excluding tert-OH is 1. The highest BCUT2D eigenvalue weighted by Crippen LogP contribution is 2.51. The van der Waals surface area contributed by atoms with Crippen molar-refractivity contribution in [1.29, 1.82) is 0 Å². The lowest BCUT2D eigenvalue weighted by Crippen LogP contribution is -2.51. The second kappa shape index (κ2) is 7.49. The van der Waals surface area contributed by atoms with Gasteiger partial charge in [-0.15, -0.1) is 0 Å². The summed E-state index contributed by atoms with van der Waals surface area (Å²) >= 11 is 0. The Morgan fingerprint density at radius 1 is 1.08 bits per heavy atom. The third-order valence-electron chi connectivity index (χ3n) is 5.92. The van der Waals surface area contributed by atoms with Crippen LogP contribution < -0.4 is 0 Å². The summed E-state index contributed by atoms with van der Waals surface area (Å²) in [4.78, 5) is 0. The second-order valence-electron chi connectivity index (χ2n) is 7.47. The van der Waals surface area contributed by atoms with Crippen LogP contribution in [0.15, 0.2) is 60.7 Å². The van der Waals surface area contributed by atoms with Crippen LogP contribution in [0.5, 0.6) is 0 Å². The summed E-state index contributed by atoms with van der Waals surface area (Å²) < 4.78 is 18.6. The Balaban J connectivity index is 1.52. The summed E-state index contributed by atoms with van der Waals surface area (Å²) in [6.07, 6.45) is 0.231. The van der Waals surface area contributed by atoms with E-state index in [1.54, 1.807) is 0 Å². The molecule has 1 aliphatic heterocycles. The highest BCUT2D eigenvalue weighted by Gasteiger charge is 2.58. The van der Waals surface area contributed by atoms with Gasteiger partial charge in [0.15, 0.2) is 6.29 Å². The van der Waals surface area contributed by atoms with Crippen molar-refractivity contribution in [3.63, 3.8) is 0 Å². The first-order chi connectivity index (χ1) is 12.7. The summed E-state index contributed by atoms with van der Waals surface area (Å²) in [5.41, 5.74) is 1.75. The molecule has 1 N–H and O–H groups in total. The third kappa shape index (κ3) is 3.19. The quantitative estimate of drug-likeness (QED) is 0.889. The first kappa shape index (κ1) is 17.7. The molecule has 5 atom stereocenters. The van der Waals surface area contributed by atoms with E-state index in [0.29, 0.717) is 13.2 Å². The summed E-state index contributed by atoms with van der Waals surface area (Å²) in [5.74, 6) is 0.273. The number of aliphatic hydroxyl groups is 1. The van der Waals surface area contributed by atoms with Gasteiger partial charge in [-0.05, 0) is 17.9 Å². The second-order valence-corrected chi connectivity index (χ2v) is 7.47. The van der Waals surface area contributed by atoms with Gasteiger partial charge >= 0.3 is 0 Å². The van der Waals surface area contributed by atoms with Crippen LogP contribution in [0.1, 0.15) is 30.8 Å². The van der Waals surface area contributed by atoms with E-state index in [-0.39, 0.29) is 24.7 Å². The molecule has 4 heteroatoms. The molecule has 2 aromatic rings. The lowest BCUT2D eigenvalue weighted by Gasteiger charge is -2.44. The van der Waals surface area contributed by atoms with Crippen molar-refractivity contribution in [3.8, 4) is 0 Å². The fraction of sp³-hybridized carbons (Fsp3) is 0.455. The Morgan fingerprint density at radius 3 is 2.46 bits per heavy atom. The molecule has 2 aliphatic rings. The Morgan fingerprint density at radius 2 is 1.77 bits per heavy atom. The van der Waals surface area contributed by atoms with Crippen LogP contribution in [0.4, 0.5) is 0 Å². The van der Waals surface area contributed by atoms with E-state index in [9.17, 15) is 5.11 Å². The van der Waals surface area contributed by atoms with Gasteiger partial charge < -0.3 is 19.3 Å². The number of ether oxygens (including phenoxy) is 3. The molecule has 1 saturated heterocycles. The van der Waals surface area contributed by atoms with E-state index in [0.717, 1.165) is 17.5 Å². The first-order valence-corrected chi connectivity index (χ1v) is 9.31. The molecular weight excluding hydrogens is 328 g/mol. The maximum absolute atomic E-state index is 10.2. The molecule has 4 rings (SSSR count). The van der Waals surface area contributed by atoms with E-state index < -0.39 is 11.7 Å². The zero-order valence-corrected chi connectivity index (χ0v) is 15.1. The molecule has 1 heterocycles.